The molecule has 3 rings (SSSR count). The molecule has 140 valence electrons. The SMILES string of the molecule is O=C(NCC1CCN(C(=O)c2cccnc2)CC1)C(=O)NC1CCCC1. The molecule has 1 aromatic heterocycles. The number of hydrogen-bond acceptors (Lipinski definition) is 4. The first kappa shape index (κ1) is 18.4. The molecular weight excluding hydrogens is 332 g/mol. The van der Waals surface area contributed by atoms with Gasteiger partial charge in [0.05, 0.1) is 5.56 Å². The Hall–Kier alpha value is -2.44. The number of piperidine rings is 1. The third kappa shape index (κ3) is 4.80. The number of nitrogens with zero attached hydrogens (tertiary/aromatic N) is 2. The highest BCUT2D eigenvalue weighted by atomic mass is 16.2. The highest BCUT2D eigenvalue weighted by molar-refractivity contribution is 6.35. The van der Waals surface area contributed by atoms with Gasteiger partial charge in [0, 0.05) is 38.1 Å². The summed E-state index contributed by atoms with van der Waals surface area (Å²) in [5.74, 6) is -0.792. The molecule has 0 aromatic carbocycles. The highest BCUT2D eigenvalue weighted by Crippen LogP contribution is 2.19. The van der Waals surface area contributed by atoms with Crippen LogP contribution in [0.25, 0.3) is 0 Å². The van der Waals surface area contributed by atoms with Crippen molar-refractivity contribution in [2.24, 2.45) is 5.92 Å². The third-order valence-corrected chi connectivity index (χ3v) is 5.26. The summed E-state index contributed by atoms with van der Waals surface area (Å²) >= 11 is 0. The summed E-state index contributed by atoms with van der Waals surface area (Å²) in [6.07, 6.45) is 9.01. The van der Waals surface area contributed by atoms with Gasteiger partial charge in [0.1, 0.15) is 0 Å². The van der Waals surface area contributed by atoms with Crippen molar-refractivity contribution in [2.45, 2.75) is 44.6 Å². The predicted molar refractivity (Wildman–Crippen MR) is 96.3 cm³/mol. The van der Waals surface area contributed by atoms with Gasteiger partial charge in [-0.2, -0.15) is 0 Å². The molecule has 1 aromatic rings. The molecule has 1 aliphatic carbocycles. The maximum absolute atomic E-state index is 12.4. The van der Waals surface area contributed by atoms with Crippen LogP contribution in [0.3, 0.4) is 0 Å². The van der Waals surface area contributed by atoms with E-state index in [0.717, 1.165) is 38.5 Å². The summed E-state index contributed by atoms with van der Waals surface area (Å²) < 4.78 is 0. The van der Waals surface area contributed by atoms with Crippen molar-refractivity contribution in [2.75, 3.05) is 19.6 Å². The van der Waals surface area contributed by atoms with Crippen molar-refractivity contribution in [1.29, 1.82) is 0 Å². The zero-order valence-corrected chi connectivity index (χ0v) is 14.9. The second-order valence-corrected chi connectivity index (χ2v) is 7.14. The zero-order chi connectivity index (χ0) is 18.4. The third-order valence-electron chi connectivity index (χ3n) is 5.26. The maximum Gasteiger partial charge on any atom is 0.309 e. The van der Waals surface area contributed by atoms with Crippen LogP contribution in [0, 0.1) is 5.92 Å². The number of carbonyl (C=O) groups is 3. The van der Waals surface area contributed by atoms with Gasteiger partial charge in [-0.25, -0.2) is 0 Å². The fourth-order valence-electron chi connectivity index (χ4n) is 3.65. The number of aromatic nitrogens is 1. The smallest absolute Gasteiger partial charge is 0.309 e. The van der Waals surface area contributed by atoms with Crippen molar-refractivity contribution >= 4 is 17.7 Å². The van der Waals surface area contributed by atoms with E-state index in [1.165, 1.54) is 0 Å². The predicted octanol–water partition coefficient (Wildman–Crippen LogP) is 1.11. The van der Waals surface area contributed by atoms with Crippen molar-refractivity contribution in [3.63, 3.8) is 0 Å². The maximum atomic E-state index is 12.4. The van der Waals surface area contributed by atoms with Crippen LogP contribution in [0.5, 0.6) is 0 Å². The second kappa shape index (κ2) is 8.78. The van der Waals surface area contributed by atoms with E-state index in [2.05, 4.69) is 15.6 Å². The lowest BCUT2D eigenvalue weighted by molar-refractivity contribution is -0.139. The van der Waals surface area contributed by atoms with E-state index < -0.39 is 11.8 Å². The van der Waals surface area contributed by atoms with Crippen LogP contribution >= 0.6 is 0 Å². The van der Waals surface area contributed by atoms with Crippen LogP contribution < -0.4 is 10.6 Å². The van der Waals surface area contributed by atoms with E-state index in [-0.39, 0.29) is 17.9 Å². The summed E-state index contributed by atoms with van der Waals surface area (Å²) in [6, 6.07) is 3.67. The average molecular weight is 358 g/mol. The molecule has 0 spiro atoms. The monoisotopic (exact) mass is 358 g/mol. The summed E-state index contributed by atoms with van der Waals surface area (Å²) in [6.45, 7) is 1.79. The number of hydrogen-bond donors (Lipinski definition) is 2. The van der Waals surface area contributed by atoms with E-state index in [9.17, 15) is 14.4 Å². The fraction of sp³-hybridized carbons (Fsp3) is 0.579. The molecule has 7 nitrogen and oxygen atoms in total. The molecule has 0 unspecified atom stereocenters. The molecule has 1 saturated heterocycles. The Bertz CT molecular complexity index is 635. The summed E-state index contributed by atoms with van der Waals surface area (Å²) in [7, 11) is 0. The lowest BCUT2D eigenvalue weighted by Gasteiger charge is -2.32. The number of nitrogens with one attached hydrogen (secondary N) is 2. The van der Waals surface area contributed by atoms with Gasteiger partial charge in [-0.15, -0.1) is 0 Å². The standard InChI is InChI=1S/C19H26N4O3/c24-17(18(25)22-16-5-1-2-6-16)21-12-14-7-10-23(11-8-14)19(26)15-4-3-9-20-13-15/h3-4,9,13-14,16H,1-2,5-8,10-12H2,(H,21,24)(H,22,25). The van der Waals surface area contributed by atoms with Crippen LogP contribution in [-0.4, -0.2) is 53.3 Å². The van der Waals surface area contributed by atoms with E-state index in [0.29, 0.717) is 25.2 Å². The molecule has 2 aliphatic rings. The molecule has 26 heavy (non-hydrogen) atoms. The van der Waals surface area contributed by atoms with Gasteiger partial charge in [-0.3, -0.25) is 19.4 Å². The molecule has 2 N–H and O–H groups in total. The highest BCUT2D eigenvalue weighted by Gasteiger charge is 2.25. The van der Waals surface area contributed by atoms with Gasteiger partial charge in [0.25, 0.3) is 5.91 Å². The summed E-state index contributed by atoms with van der Waals surface area (Å²) in [4.78, 5) is 42.0. The van der Waals surface area contributed by atoms with Gasteiger partial charge in [-0.1, -0.05) is 12.8 Å². The molecule has 1 aliphatic heterocycles. The first-order valence-corrected chi connectivity index (χ1v) is 9.41. The van der Waals surface area contributed by atoms with Gasteiger partial charge >= 0.3 is 11.8 Å². The van der Waals surface area contributed by atoms with Crippen LogP contribution in [0.15, 0.2) is 24.5 Å². The normalized spacial score (nSPS) is 18.5. The van der Waals surface area contributed by atoms with Gasteiger partial charge in [0.2, 0.25) is 0 Å². The molecule has 2 heterocycles. The molecule has 0 bridgehead atoms. The number of amides is 3. The summed E-state index contributed by atoms with van der Waals surface area (Å²) in [5.41, 5.74) is 0.600. The molecule has 0 atom stereocenters. The fourth-order valence-corrected chi connectivity index (χ4v) is 3.65. The Balaban J connectivity index is 1.38. The Labute approximate surface area is 153 Å². The molecule has 3 amide bonds. The molecule has 1 saturated carbocycles. The minimum atomic E-state index is -0.550. The summed E-state index contributed by atoms with van der Waals surface area (Å²) in [5, 5.41) is 5.53. The average Bonchev–Trinajstić information content (AvgIpc) is 3.19. The van der Waals surface area contributed by atoms with Crippen LogP contribution in [0.2, 0.25) is 0 Å². The first-order chi connectivity index (χ1) is 12.6. The Morgan fingerprint density at radius 1 is 1.08 bits per heavy atom. The number of carbonyl (C=O) groups excluding carboxylic acids is 3. The van der Waals surface area contributed by atoms with Crippen LogP contribution in [0.4, 0.5) is 0 Å². The van der Waals surface area contributed by atoms with Gasteiger partial charge in [0.15, 0.2) is 0 Å². The first-order valence-electron chi connectivity index (χ1n) is 9.41. The molecule has 7 heteroatoms. The molecular formula is C19H26N4O3. The number of rotatable bonds is 4. The van der Waals surface area contributed by atoms with Crippen molar-refractivity contribution < 1.29 is 14.4 Å². The quantitative estimate of drug-likeness (QED) is 0.789. The van der Waals surface area contributed by atoms with Crippen molar-refractivity contribution in [3.8, 4) is 0 Å². The zero-order valence-electron chi connectivity index (χ0n) is 14.9. The Kier molecular flexibility index (Phi) is 6.20. The van der Waals surface area contributed by atoms with Crippen LogP contribution in [-0.2, 0) is 9.59 Å². The largest absolute Gasteiger partial charge is 0.348 e. The van der Waals surface area contributed by atoms with Gasteiger partial charge < -0.3 is 15.5 Å². The van der Waals surface area contributed by atoms with Crippen molar-refractivity contribution in [3.05, 3.63) is 30.1 Å². The topological polar surface area (TPSA) is 91.4 Å². The van der Waals surface area contributed by atoms with E-state index in [1.807, 2.05) is 4.90 Å². The Morgan fingerprint density at radius 3 is 2.46 bits per heavy atom. The van der Waals surface area contributed by atoms with E-state index in [4.69, 9.17) is 0 Å². The lowest BCUT2D eigenvalue weighted by atomic mass is 9.96. The number of pyridine rings is 1. The van der Waals surface area contributed by atoms with Crippen molar-refractivity contribution in [1.82, 2.24) is 20.5 Å². The van der Waals surface area contributed by atoms with Gasteiger partial charge in [-0.05, 0) is 43.7 Å². The van der Waals surface area contributed by atoms with E-state index in [1.54, 1.807) is 24.5 Å². The van der Waals surface area contributed by atoms with E-state index >= 15 is 0 Å². The number of likely N-dealkylation sites (tertiary alicyclic amines) is 1. The second-order valence-electron chi connectivity index (χ2n) is 7.14. The minimum Gasteiger partial charge on any atom is -0.348 e. The lowest BCUT2D eigenvalue weighted by Crippen LogP contribution is -2.46. The molecule has 0 radical (unpaired) electrons. The van der Waals surface area contributed by atoms with Crippen LogP contribution in [0.1, 0.15) is 48.9 Å². The minimum absolute atomic E-state index is 0.00322. The molecule has 2 fully saturated rings. The Morgan fingerprint density at radius 2 is 1.81 bits per heavy atom.